The van der Waals surface area contributed by atoms with Crippen molar-refractivity contribution in [2.45, 2.75) is 39.7 Å². The van der Waals surface area contributed by atoms with Crippen molar-refractivity contribution in [2.24, 2.45) is 0 Å². The van der Waals surface area contributed by atoms with Gasteiger partial charge in [0.15, 0.2) is 0 Å². The number of benzene rings is 1. The SMILES string of the molecule is Cc1ccc(OCCCC(=O)N(C)CC(=O)NC(C)C)cc1. The van der Waals surface area contributed by atoms with Crippen LogP contribution < -0.4 is 10.1 Å². The standard InChI is InChI=1S/C17H26N2O3/c1-13(2)18-16(20)12-19(4)17(21)6-5-11-22-15-9-7-14(3)8-10-15/h7-10,13H,5-6,11-12H2,1-4H3,(H,18,20). The summed E-state index contributed by atoms with van der Waals surface area (Å²) in [5.41, 5.74) is 1.18. The van der Waals surface area contributed by atoms with Crippen molar-refractivity contribution in [1.29, 1.82) is 0 Å². The highest BCUT2D eigenvalue weighted by Crippen LogP contribution is 2.11. The molecule has 0 spiro atoms. The van der Waals surface area contributed by atoms with E-state index in [1.54, 1.807) is 7.05 Å². The maximum atomic E-state index is 11.9. The number of hydrogen-bond donors (Lipinski definition) is 1. The highest BCUT2D eigenvalue weighted by Gasteiger charge is 2.13. The minimum atomic E-state index is -0.137. The largest absolute Gasteiger partial charge is 0.494 e. The number of aryl methyl sites for hydroxylation is 1. The molecule has 2 amide bonds. The first kappa shape index (κ1) is 18.0. The number of carbonyl (C=O) groups is 2. The normalized spacial score (nSPS) is 10.4. The summed E-state index contributed by atoms with van der Waals surface area (Å²) in [5.74, 6) is 0.621. The highest BCUT2D eigenvalue weighted by molar-refractivity contribution is 5.84. The van der Waals surface area contributed by atoms with Crippen LogP contribution in [-0.2, 0) is 9.59 Å². The molecule has 0 saturated carbocycles. The van der Waals surface area contributed by atoms with Gasteiger partial charge in [-0.2, -0.15) is 0 Å². The number of nitrogens with one attached hydrogen (secondary N) is 1. The summed E-state index contributed by atoms with van der Waals surface area (Å²) in [6.45, 7) is 6.38. The molecule has 0 aliphatic heterocycles. The summed E-state index contributed by atoms with van der Waals surface area (Å²) >= 11 is 0. The Morgan fingerprint density at radius 3 is 2.45 bits per heavy atom. The number of nitrogens with zero attached hydrogens (tertiary/aromatic N) is 1. The van der Waals surface area contributed by atoms with E-state index in [2.05, 4.69) is 5.32 Å². The summed E-state index contributed by atoms with van der Waals surface area (Å²) in [5, 5.41) is 2.76. The van der Waals surface area contributed by atoms with Gasteiger partial charge in [-0.05, 0) is 39.3 Å². The average molecular weight is 306 g/mol. The first-order valence-corrected chi connectivity index (χ1v) is 7.61. The summed E-state index contributed by atoms with van der Waals surface area (Å²) in [7, 11) is 1.64. The van der Waals surface area contributed by atoms with Crippen LogP contribution in [-0.4, -0.2) is 43.0 Å². The highest BCUT2D eigenvalue weighted by atomic mass is 16.5. The van der Waals surface area contributed by atoms with Crippen LogP contribution in [0.4, 0.5) is 0 Å². The van der Waals surface area contributed by atoms with Crippen molar-refractivity contribution in [1.82, 2.24) is 10.2 Å². The minimum Gasteiger partial charge on any atom is -0.494 e. The summed E-state index contributed by atoms with van der Waals surface area (Å²) in [4.78, 5) is 24.9. The van der Waals surface area contributed by atoms with Gasteiger partial charge in [-0.3, -0.25) is 9.59 Å². The fourth-order valence-corrected chi connectivity index (χ4v) is 1.91. The van der Waals surface area contributed by atoms with Crippen molar-refractivity contribution < 1.29 is 14.3 Å². The van der Waals surface area contributed by atoms with Gasteiger partial charge in [0.2, 0.25) is 11.8 Å². The Hall–Kier alpha value is -2.04. The molecule has 0 saturated heterocycles. The van der Waals surface area contributed by atoms with Crippen LogP contribution in [0.3, 0.4) is 0 Å². The maximum Gasteiger partial charge on any atom is 0.239 e. The van der Waals surface area contributed by atoms with E-state index in [0.717, 1.165) is 5.75 Å². The van der Waals surface area contributed by atoms with Gasteiger partial charge in [0.1, 0.15) is 5.75 Å². The Balaban J connectivity index is 2.22. The quantitative estimate of drug-likeness (QED) is 0.749. The molecule has 5 nitrogen and oxygen atoms in total. The van der Waals surface area contributed by atoms with Gasteiger partial charge in [-0.1, -0.05) is 17.7 Å². The predicted octanol–water partition coefficient (Wildman–Crippen LogP) is 2.14. The molecule has 0 aromatic heterocycles. The zero-order valence-electron chi connectivity index (χ0n) is 13.9. The van der Waals surface area contributed by atoms with E-state index in [1.807, 2.05) is 45.0 Å². The Labute approximate surface area is 132 Å². The molecule has 0 fully saturated rings. The number of hydrogen-bond acceptors (Lipinski definition) is 3. The van der Waals surface area contributed by atoms with Gasteiger partial charge in [0.05, 0.1) is 13.2 Å². The minimum absolute atomic E-state index is 0.0496. The van der Waals surface area contributed by atoms with E-state index in [9.17, 15) is 9.59 Å². The molecule has 0 aliphatic rings. The lowest BCUT2D eigenvalue weighted by molar-refractivity contribution is -0.135. The predicted molar refractivity (Wildman–Crippen MR) is 86.8 cm³/mol. The van der Waals surface area contributed by atoms with Crippen LogP contribution in [0, 0.1) is 6.92 Å². The molecule has 1 rings (SSSR count). The molecule has 22 heavy (non-hydrogen) atoms. The Morgan fingerprint density at radius 1 is 1.23 bits per heavy atom. The van der Waals surface area contributed by atoms with Gasteiger partial charge in [-0.25, -0.2) is 0 Å². The molecular weight excluding hydrogens is 280 g/mol. The molecular formula is C17H26N2O3. The van der Waals surface area contributed by atoms with Crippen molar-refractivity contribution in [3.8, 4) is 5.75 Å². The van der Waals surface area contributed by atoms with E-state index in [0.29, 0.717) is 19.4 Å². The van der Waals surface area contributed by atoms with Crippen LogP contribution in [0.25, 0.3) is 0 Å². The molecule has 1 aromatic carbocycles. The first-order chi connectivity index (χ1) is 10.4. The number of likely N-dealkylation sites (N-methyl/N-ethyl adjacent to an activating group) is 1. The molecule has 0 atom stereocenters. The number of carbonyl (C=O) groups excluding carboxylic acids is 2. The summed E-state index contributed by atoms with van der Waals surface area (Å²) < 4.78 is 5.57. The van der Waals surface area contributed by atoms with Gasteiger partial charge >= 0.3 is 0 Å². The van der Waals surface area contributed by atoms with E-state index >= 15 is 0 Å². The van der Waals surface area contributed by atoms with Gasteiger partial charge in [0.25, 0.3) is 0 Å². The van der Waals surface area contributed by atoms with Crippen LogP contribution >= 0.6 is 0 Å². The van der Waals surface area contributed by atoms with E-state index in [4.69, 9.17) is 4.74 Å². The van der Waals surface area contributed by atoms with Crippen LogP contribution in [0.2, 0.25) is 0 Å². The summed E-state index contributed by atoms with van der Waals surface area (Å²) in [6, 6.07) is 7.89. The second-order valence-corrected chi connectivity index (χ2v) is 5.74. The van der Waals surface area contributed by atoms with Crippen molar-refractivity contribution in [3.63, 3.8) is 0 Å². The Bertz CT molecular complexity index is 483. The second kappa shape index (κ2) is 9.07. The molecule has 0 heterocycles. The van der Waals surface area contributed by atoms with Gasteiger partial charge in [0, 0.05) is 19.5 Å². The van der Waals surface area contributed by atoms with Crippen molar-refractivity contribution in [3.05, 3.63) is 29.8 Å². The van der Waals surface area contributed by atoms with E-state index in [-0.39, 0.29) is 24.4 Å². The molecule has 0 bridgehead atoms. The number of rotatable bonds is 8. The maximum absolute atomic E-state index is 11.9. The zero-order valence-corrected chi connectivity index (χ0v) is 13.9. The molecule has 122 valence electrons. The fraction of sp³-hybridized carbons (Fsp3) is 0.529. The van der Waals surface area contributed by atoms with Crippen LogP contribution in [0.1, 0.15) is 32.3 Å². The lowest BCUT2D eigenvalue weighted by Crippen LogP contribution is -2.40. The van der Waals surface area contributed by atoms with Crippen molar-refractivity contribution in [2.75, 3.05) is 20.2 Å². The van der Waals surface area contributed by atoms with Crippen LogP contribution in [0.5, 0.6) is 5.75 Å². The lowest BCUT2D eigenvalue weighted by Gasteiger charge is -2.18. The number of ether oxygens (including phenoxy) is 1. The molecule has 0 unspecified atom stereocenters. The third-order valence-electron chi connectivity index (χ3n) is 3.08. The van der Waals surface area contributed by atoms with Crippen LogP contribution in [0.15, 0.2) is 24.3 Å². The lowest BCUT2D eigenvalue weighted by atomic mass is 10.2. The third kappa shape index (κ3) is 7.11. The van der Waals surface area contributed by atoms with Gasteiger partial charge in [-0.15, -0.1) is 0 Å². The molecule has 5 heteroatoms. The Kier molecular flexibility index (Phi) is 7.43. The van der Waals surface area contributed by atoms with E-state index in [1.165, 1.54) is 10.5 Å². The first-order valence-electron chi connectivity index (χ1n) is 7.61. The zero-order chi connectivity index (χ0) is 16.5. The van der Waals surface area contributed by atoms with Crippen molar-refractivity contribution >= 4 is 11.8 Å². The van der Waals surface area contributed by atoms with E-state index < -0.39 is 0 Å². The van der Waals surface area contributed by atoms with Gasteiger partial charge < -0.3 is 15.0 Å². The second-order valence-electron chi connectivity index (χ2n) is 5.74. The number of amides is 2. The third-order valence-corrected chi connectivity index (χ3v) is 3.08. The smallest absolute Gasteiger partial charge is 0.239 e. The average Bonchev–Trinajstić information content (AvgIpc) is 2.44. The summed E-state index contributed by atoms with van der Waals surface area (Å²) in [6.07, 6.45) is 1.00. The molecule has 1 aromatic rings. The fourth-order valence-electron chi connectivity index (χ4n) is 1.91. The molecule has 0 radical (unpaired) electrons. The topological polar surface area (TPSA) is 58.6 Å². The molecule has 0 aliphatic carbocycles. The Morgan fingerprint density at radius 2 is 1.86 bits per heavy atom. The monoisotopic (exact) mass is 306 g/mol. The molecule has 1 N–H and O–H groups in total.